The molecule has 0 saturated heterocycles. The first-order valence-electron chi connectivity index (χ1n) is 4.33. The molecule has 0 unspecified atom stereocenters. The van der Waals surface area contributed by atoms with E-state index in [1.165, 1.54) is 0 Å². The molecule has 0 bridgehead atoms. The number of aryl methyl sites for hydroxylation is 1. The summed E-state index contributed by atoms with van der Waals surface area (Å²) in [5.74, 6) is 0.615. The normalized spacial score (nSPS) is 10.0. The van der Waals surface area contributed by atoms with E-state index in [0.29, 0.717) is 11.8 Å². The smallest absolute Gasteiger partial charge is 0.322 e. The molecule has 0 saturated carbocycles. The number of ether oxygens (including phenoxy) is 1. The molecule has 0 aromatic carbocycles. The van der Waals surface area contributed by atoms with Crippen molar-refractivity contribution in [2.45, 2.75) is 6.92 Å². The molecule has 0 atom stereocenters. The average molecular weight is 266 g/mol. The van der Waals surface area contributed by atoms with Crippen molar-refractivity contribution in [3.05, 3.63) is 40.9 Å². The lowest BCUT2D eigenvalue weighted by Crippen LogP contribution is -1.93. The third kappa shape index (κ3) is 2.73. The highest BCUT2D eigenvalue weighted by Crippen LogP contribution is 2.17. The molecule has 4 nitrogen and oxygen atoms in total. The van der Waals surface area contributed by atoms with Crippen LogP contribution < -0.4 is 4.74 Å². The zero-order chi connectivity index (χ0) is 10.7. The van der Waals surface area contributed by atoms with Gasteiger partial charge in [0.2, 0.25) is 0 Å². The molecular formula is C10H8BrN3O. The van der Waals surface area contributed by atoms with E-state index in [1.807, 2.05) is 13.0 Å². The maximum atomic E-state index is 5.41. The Kier molecular flexibility index (Phi) is 2.91. The van der Waals surface area contributed by atoms with E-state index >= 15 is 0 Å². The number of pyridine rings is 1. The highest BCUT2D eigenvalue weighted by atomic mass is 79.9. The Bertz CT molecular complexity index is 458. The Morgan fingerprint density at radius 1 is 1.20 bits per heavy atom. The van der Waals surface area contributed by atoms with Crippen LogP contribution in [0, 0.1) is 6.92 Å². The summed E-state index contributed by atoms with van der Waals surface area (Å²) in [6.45, 7) is 1.88. The standard InChI is InChI=1S/C10H8BrN3O/c1-7-4-5-12-10(14-7)15-8-2-3-9(11)13-6-8/h2-6H,1H3. The molecule has 2 heterocycles. The molecule has 0 radical (unpaired) electrons. The van der Waals surface area contributed by atoms with Crippen molar-refractivity contribution in [3.8, 4) is 11.8 Å². The number of nitrogens with zero attached hydrogens (tertiary/aromatic N) is 3. The lowest BCUT2D eigenvalue weighted by Gasteiger charge is -2.02. The van der Waals surface area contributed by atoms with Gasteiger partial charge in [-0.1, -0.05) is 0 Å². The second kappa shape index (κ2) is 4.35. The van der Waals surface area contributed by atoms with Crippen molar-refractivity contribution in [2.24, 2.45) is 0 Å². The van der Waals surface area contributed by atoms with Crippen LogP contribution in [-0.4, -0.2) is 15.0 Å². The van der Waals surface area contributed by atoms with Crippen LogP contribution in [0.5, 0.6) is 11.8 Å². The number of hydrogen-bond donors (Lipinski definition) is 0. The predicted octanol–water partition coefficient (Wildman–Crippen LogP) is 2.73. The summed E-state index contributed by atoms with van der Waals surface area (Å²) in [4.78, 5) is 12.1. The maximum Gasteiger partial charge on any atom is 0.322 e. The van der Waals surface area contributed by atoms with E-state index in [4.69, 9.17) is 4.74 Å². The fourth-order valence-electron chi connectivity index (χ4n) is 1.00. The molecule has 0 N–H and O–H groups in total. The van der Waals surface area contributed by atoms with Gasteiger partial charge in [-0.05, 0) is 41.1 Å². The van der Waals surface area contributed by atoms with Gasteiger partial charge >= 0.3 is 6.01 Å². The van der Waals surface area contributed by atoms with Crippen LogP contribution in [0.2, 0.25) is 0 Å². The Balaban J connectivity index is 2.18. The summed E-state index contributed by atoms with van der Waals surface area (Å²) in [6.07, 6.45) is 3.26. The van der Waals surface area contributed by atoms with E-state index in [0.717, 1.165) is 10.3 Å². The van der Waals surface area contributed by atoms with Crippen molar-refractivity contribution in [2.75, 3.05) is 0 Å². The van der Waals surface area contributed by atoms with E-state index in [1.54, 1.807) is 24.5 Å². The zero-order valence-corrected chi connectivity index (χ0v) is 9.60. The largest absolute Gasteiger partial charge is 0.423 e. The van der Waals surface area contributed by atoms with Crippen LogP contribution in [0.25, 0.3) is 0 Å². The first kappa shape index (κ1) is 10.0. The van der Waals surface area contributed by atoms with Gasteiger partial charge in [-0.25, -0.2) is 15.0 Å². The zero-order valence-electron chi connectivity index (χ0n) is 8.01. The van der Waals surface area contributed by atoms with Gasteiger partial charge in [-0.3, -0.25) is 0 Å². The summed E-state index contributed by atoms with van der Waals surface area (Å²) < 4.78 is 6.17. The molecule has 5 heteroatoms. The average Bonchev–Trinajstić information content (AvgIpc) is 2.22. The lowest BCUT2D eigenvalue weighted by molar-refractivity contribution is 0.438. The number of hydrogen-bond acceptors (Lipinski definition) is 4. The minimum Gasteiger partial charge on any atom is -0.423 e. The quantitative estimate of drug-likeness (QED) is 0.784. The van der Waals surface area contributed by atoms with Crippen LogP contribution in [0.3, 0.4) is 0 Å². The van der Waals surface area contributed by atoms with Gasteiger partial charge in [0.05, 0.1) is 6.20 Å². The fraction of sp³-hybridized carbons (Fsp3) is 0.100. The highest BCUT2D eigenvalue weighted by molar-refractivity contribution is 9.10. The van der Waals surface area contributed by atoms with E-state index in [9.17, 15) is 0 Å². The van der Waals surface area contributed by atoms with Crippen LogP contribution in [0.1, 0.15) is 5.69 Å². The highest BCUT2D eigenvalue weighted by Gasteiger charge is 2.00. The topological polar surface area (TPSA) is 47.9 Å². The van der Waals surface area contributed by atoms with E-state index < -0.39 is 0 Å². The van der Waals surface area contributed by atoms with Crippen molar-refractivity contribution in [1.82, 2.24) is 15.0 Å². The third-order valence-corrected chi connectivity index (χ3v) is 2.15. The molecule has 76 valence electrons. The number of rotatable bonds is 2. The van der Waals surface area contributed by atoms with Gasteiger partial charge in [0.25, 0.3) is 0 Å². The molecule has 0 spiro atoms. The van der Waals surface area contributed by atoms with Crippen molar-refractivity contribution < 1.29 is 4.74 Å². The molecule has 0 aliphatic rings. The van der Waals surface area contributed by atoms with Gasteiger partial charge in [0, 0.05) is 11.9 Å². The summed E-state index contributed by atoms with van der Waals surface area (Å²) in [7, 11) is 0. The Labute approximate surface area is 95.5 Å². The monoisotopic (exact) mass is 265 g/mol. The second-order valence-electron chi connectivity index (χ2n) is 2.90. The second-order valence-corrected chi connectivity index (χ2v) is 3.71. The van der Waals surface area contributed by atoms with Crippen LogP contribution >= 0.6 is 15.9 Å². The van der Waals surface area contributed by atoms with Crippen molar-refractivity contribution in [1.29, 1.82) is 0 Å². The molecule has 0 aliphatic heterocycles. The summed E-state index contributed by atoms with van der Waals surface area (Å²) in [5, 5.41) is 0. The first-order valence-corrected chi connectivity index (χ1v) is 5.12. The lowest BCUT2D eigenvalue weighted by atomic mass is 10.4. The van der Waals surface area contributed by atoms with Crippen molar-refractivity contribution >= 4 is 15.9 Å². The Hall–Kier alpha value is -1.49. The molecule has 2 rings (SSSR count). The van der Waals surface area contributed by atoms with Crippen molar-refractivity contribution in [3.63, 3.8) is 0 Å². The van der Waals surface area contributed by atoms with Gasteiger partial charge in [0.1, 0.15) is 10.4 Å². The van der Waals surface area contributed by atoms with Gasteiger partial charge in [-0.15, -0.1) is 0 Å². The number of aromatic nitrogens is 3. The Morgan fingerprint density at radius 3 is 2.73 bits per heavy atom. The SMILES string of the molecule is Cc1ccnc(Oc2ccc(Br)nc2)n1. The van der Waals surface area contributed by atoms with Gasteiger partial charge in [0.15, 0.2) is 0 Å². The molecular weight excluding hydrogens is 258 g/mol. The third-order valence-electron chi connectivity index (χ3n) is 1.68. The molecule has 2 aromatic heterocycles. The van der Waals surface area contributed by atoms with Crippen LogP contribution in [-0.2, 0) is 0 Å². The molecule has 15 heavy (non-hydrogen) atoms. The Morgan fingerprint density at radius 2 is 2.07 bits per heavy atom. The summed E-state index contributed by atoms with van der Waals surface area (Å²) in [6, 6.07) is 5.74. The van der Waals surface area contributed by atoms with Gasteiger partial charge < -0.3 is 4.74 Å². The molecule has 0 fully saturated rings. The predicted molar refractivity (Wildman–Crippen MR) is 58.8 cm³/mol. The number of halogens is 1. The van der Waals surface area contributed by atoms with Gasteiger partial charge in [-0.2, -0.15) is 0 Å². The minimum absolute atomic E-state index is 0.333. The molecule has 0 aliphatic carbocycles. The van der Waals surface area contributed by atoms with Crippen LogP contribution in [0.4, 0.5) is 0 Å². The van der Waals surface area contributed by atoms with E-state index in [2.05, 4.69) is 30.9 Å². The fourth-order valence-corrected chi connectivity index (χ4v) is 1.24. The van der Waals surface area contributed by atoms with E-state index in [-0.39, 0.29) is 0 Å². The van der Waals surface area contributed by atoms with Crippen LogP contribution in [0.15, 0.2) is 35.2 Å². The minimum atomic E-state index is 0.333. The molecule has 2 aromatic rings. The maximum absolute atomic E-state index is 5.41. The summed E-state index contributed by atoms with van der Waals surface area (Å²) >= 11 is 3.24. The first-order chi connectivity index (χ1) is 7.24. The summed E-state index contributed by atoms with van der Waals surface area (Å²) in [5.41, 5.74) is 0.866. The molecule has 0 amide bonds.